The second kappa shape index (κ2) is 7.79. The molecule has 0 aliphatic carbocycles. The van der Waals surface area contributed by atoms with E-state index in [0.29, 0.717) is 16.9 Å². The van der Waals surface area contributed by atoms with Gasteiger partial charge in [0.15, 0.2) is 0 Å². The Bertz CT molecular complexity index is 877. The fourth-order valence-corrected chi connectivity index (χ4v) is 2.11. The number of hydrogen-bond acceptors (Lipinski definition) is 4. The maximum atomic E-state index is 12.3. The number of hydrogen-bond donors (Lipinski definition) is 3. The number of carbonyl (C=O) groups excluding carboxylic acids is 2. The van der Waals surface area contributed by atoms with Gasteiger partial charge in [0.25, 0.3) is 5.91 Å². The van der Waals surface area contributed by atoms with E-state index in [-0.39, 0.29) is 5.57 Å². The van der Waals surface area contributed by atoms with Gasteiger partial charge in [0.2, 0.25) is 5.91 Å². The first-order chi connectivity index (χ1) is 11.9. The van der Waals surface area contributed by atoms with Gasteiger partial charge in [0.05, 0.1) is 0 Å². The van der Waals surface area contributed by atoms with E-state index in [4.69, 9.17) is 5.73 Å². The third-order valence-corrected chi connectivity index (χ3v) is 3.77. The van der Waals surface area contributed by atoms with E-state index >= 15 is 0 Å². The number of anilines is 2. The van der Waals surface area contributed by atoms with Crippen molar-refractivity contribution in [2.75, 3.05) is 10.6 Å². The molecule has 2 rings (SSSR count). The average Bonchev–Trinajstić information content (AvgIpc) is 2.60. The highest BCUT2D eigenvalue weighted by atomic mass is 16.2. The maximum Gasteiger partial charge on any atom is 0.267 e. The van der Waals surface area contributed by atoms with Crippen molar-refractivity contribution in [3.63, 3.8) is 0 Å². The largest absolute Gasteiger partial charge is 0.366 e. The topological polar surface area (TPSA) is 108 Å². The first kappa shape index (κ1) is 17.8. The van der Waals surface area contributed by atoms with E-state index in [2.05, 4.69) is 10.6 Å². The summed E-state index contributed by atoms with van der Waals surface area (Å²) in [6, 6.07) is 13.8. The highest BCUT2D eigenvalue weighted by molar-refractivity contribution is 6.07. The summed E-state index contributed by atoms with van der Waals surface area (Å²) in [6.07, 6.45) is 1.32. The molecular weight excluding hydrogens is 316 g/mol. The van der Waals surface area contributed by atoms with Gasteiger partial charge in [-0.3, -0.25) is 9.59 Å². The maximum absolute atomic E-state index is 12.3. The minimum Gasteiger partial charge on any atom is -0.366 e. The molecule has 0 radical (unpaired) electrons. The van der Waals surface area contributed by atoms with Crippen molar-refractivity contribution in [3.8, 4) is 6.07 Å². The molecule has 6 heteroatoms. The molecule has 6 nitrogen and oxygen atoms in total. The predicted octanol–water partition coefficient (Wildman–Crippen LogP) is 2.86. The third kappa shape index (κ3) is 4.45. The Morgan fingerprint density at radius 2 is 1.80 bits per heavy atom. The van der Waals surface area contributed by atoms with Crippen LogP contribution < -0.4 is 16.4 Å². The number of amides is 2. The number of aryl methyl sites for hydroxylation is 1. The summed E-state index contributed by atoms with van der Waals surface area (Å²) in [4.78, 5) is 23.3. The molecule has 0 fully saturated rings. The normalized spacial score (nSPS) is 10.7. The summed E-state index contributed by atoms with van der Waals surface area (Å²) >= 11 is 0. The summed E-state index contributed by atoms with van der Waals surface area (Å²) in [6.45, 7) is 3.85. The quantitative estimate of drug-likeness (QED) is 0.577. The van der Waals surface area contributed by atoms with E-state index in [9.17, 15) is 14.9 Å². The Labute approximate surface area is 146 Å². The van der Waals surface area contributed by atoms with E-state index in [0.717, 1.165) is 11.1 Å². The SMILES string of the molecule is Cc1cccc(NC(=O)/C(C#N)=C\Nc2ccc(C(N)=O)cc2)c1C. The van der Waals surface area contributed by atoms with Crippen LogP contribution in [0, 0.1) is 25.2 Å². The van der Waals surface area contributed by atoms with E-state index in [1.54, 1.807) is 30.3 Å². The van der Waals surface area contributed by atoms with Crippen molar-refractivity contribution in [2.45, 2.75) is 13.8 Å². The molecule has 25 heavy (non-hydrogen) atoms. The lowest BCUT2D eigenvalue weighted by Crippen LogP contribution is -2.15. The number of benzene rings is 2. The van der Waals surface area contributed by atoms with Crippen LogP contribution in [-0.2, 0) is 4.79 Å². The molecule has 0 atom stereocenters. The molecule has 0 heterocycles. The summed E-state index contributed by atoms with van der Waals surface area (Å²) in [7, 11) is 0. The molecule has 126 valence electrons. The number of carbonyl (C=O) groups is 2. The first-order valence-corrected chi connectivity index (χ1v) is 7.56. The Balaban J connectivity index is 2.11. The standard InChI is InChI=1S/C19H18N4O2/c1-12-4-3-5-17(13(12)2)23-19(25)15(10-20)11-22-16-8-6-14(7-9-16)18(21)24/h3-9,11,22H,1-2H3,(H2,21,24)(H,23,25)/b15-11-. The molecule has 0 aromatic heterocycles. The van der Waals surface area contributed by atoms with E-state index < -0.39 is 11.8 Å². The molecule has 0 bridgehead atoms. The Morgan fingerprint density at radius 3 is 2.40 bits per heavy atom. The van der Waals surface area contributed by atoms with Crippen LogP contribution >= 0.6 is 0 Å². The molecule has 2 aromatic carbocycles. The van der Waals surface area contributed by atoms with Gasteiger partial charge in [-0.05, 0) is 55.3 Å². The summed E-state index contributed by atoms with van der Waals surface area (Å²) in [5.74, 6) is -1.02. The van der Waals surface area contributed by atoms with Crippen molar-refractivity contribution in [1.82, 2.24) is 0 Å². The number of nitrogens with two attached hydrogens (primary N) is 1. The fourth-order valence-electron chi connectivity index (χ4n) is 2.11. The Morgan fingerprint density at radius 1 is 1.12 bits per heavy atom. The second-order valence-corrected chi connectivity index (χ2v) is 5.46. The predicted molar refractivity (Wildman–Crippen MR) is 96.8 cm³/mol. The zero-order valence-corrected chi connectivity index (χ0v) is 14.0. The molecule has 0 unspecified atom stereocenters. The summed E-state index contributed by atoms with van der Waals surface area (Å²) < 4.78 is 0. The third-order valence-electron chi connectivity index (χ3n) is 3.77. The number of nitrogens with one attached hydrogen (secondary N) is 2. The molecule has 0 saturated carbocycles. The van der Waals surface area contributed by atoms with Crippen LogP contribution in [0.4, 0.5) is 11.4 Å². The van der Waals surface area contributed by atoms with Gasteiger partial charge in [-0.1, -0.05) is 12.1 Å². The van der Waals surface area contributed by atoms with Crippen LogP contribution in [0.5, 0.6) is 0 Å². The van der Waals surface area contributed by atoms with Crippen LogP contribution in [0.1, 0.15) is 21.5 Å². The highest BCUT2D eigenvalue weighted by Crippen LogP contribution is 2.18. The van der Waals surface area contributed by atoms with Gasteiger partial charge in [0.1, 0.15) is 11.6 Å². The number of nitriles is 1. The molecule has 0 spiro atoms. The Kier molecular flexibility index (Phi) is 5.54. The minimum atomic E-state index is -0.521. The van der Waals surface area contributed by atoms with Gasteiger partial charge >= 0.3 is 0 Å². The highest BCUT2D eigenvalue weighted by Gasteiger charge is 2.11. The number of rotatable bonds is 5. The minimum absolute atomic E-state index is 0.0696. The monoisotopic (exact) mass is 334 g/mol. The fraction of sp³-hybridized carbons (Fsp3) is 0.105. The van der Waals surface area contributed by atoms with Crippen molar-refractivity contribution >= 4 is 23.2 Å². The van der Waals surface area contributed by atoms with Gasteiger partial charge < -0.3 is 16.4 Å². The molecule has 0 saturated heterocycles. The summed E-state index contributed by atoms with van der Waals surface area (Å²) in [5.41, 5.74) is 8.77. The molecule has 0 aliphatic rings. The zero-order chi connectivity index (χ0) is 18.4. The van der Waals surface area contributed by atoms with Gasteiger partial charge in [-0.25, -0.2) is 0 Å². The lowest BCUT2D eigenvalue weighted by molar-refractivity contribution is -0.112. The smallest absolute Gasteiger partial charge is 0.267 e. The van der Waals surface area contributed by atoms with Crippen LogP contribution in [0.25, 0.3) is 0 Å². The average molecular weight is 334 g/mol. The van der Waals surface area contributed by atoms with E-state index in [1.807, 2.05) is 32.0 Å². The molecular formula is C19H18N4O2. The lowest BCUT2D eigenvalue weighted by Gasteiger charge is -2.10. The van der Waals surface area contributed by atoms with Crippen molar-refractivity contribution in [3.05, 3.63) is 70.9 Å². The second-order valence-electron chi connectivity index (χ2n) is 5.46. The zero-order valence-electron chi connectivity index (χ0n) is 14.0. The molecule has 4 N–H and O–H groups in total. The molecule has 2 amide bonds. The van der Waals surface area contributed by atoms with Gasteiger partial charge in [-0.2, -0.15) is 5.26 Å². The Hall–Kier alpha value is -3.59. The molecule has 2 aromatic rings. The van der Waals surface area contributed by atoms with Gasteiger partial charge in [-0.15, -0.1) is 0 Å². The van der Waals surface area contributed by atoms with Crippen LogP contribution in [0.2, 0.25) is 0 Å². The number of primary amides is 1. The lowest BCUT2D eigenvalue weighted by atomic mass is 10.1. The van der Waals surface area contributed by atoms with Crippen LogP contribution in [0.15, 0.2) is 54.2 Å². The van der Waals surface area contributed by atoms with Gasteiger partial charge in [0, 0.05) is 23.1 Å². The van der Waals surface area contributed by atoms with Crippen LogP contribution in [-0.4, -0.2) is 11.8 Å². The van der Waals surface area contributed by atoms with E-state index in [1.165, 1.54) is 6.20 Å². The number of nitrogens with zero attached hydrogens (tertiary/aromatic N) is 1. The van der Waals surface area contributed by atoms with Crippen molar-refractivity contribution in [1.29, 1.82) is 5.26 Å². The van der Waals surface area contributed by atoms with Crippen molar-refractivity contribution in [2.24, 2.45) is 5.73 Å². The molecule has 0 aliphatic heterocycles. The first-order valence-electron chi connectivity index (χ1n) is 7.56. The van der Waals surface area contributed by atoms with Crippen LogP contribution in [0.3, 0.4) is 0 Å². The van der Waals surface area contributed by atoms with Crippen molar-refractivity contribution < 1.29 is 9.59 Å². The summed E-state index contributed by atoms with van der Waals surface area (Å²) in [5, 5.41) is 14.8.